The summed E-state index contributed by atoms with van der Waals surface area (Å²) in [5.41, 5.74) is 8.34. The Bertz CT molecular complexity index is 354. The number of nitrogens with zero attached hydrogens (tertiary/aromatic N) is 1. The summed E-state index contributed by atoms with van der Waals surface area (Å²) >= 11 is 6.27. The van der Waals surface area contributed by atoms with Crippen LogP contribution < -0.4 is 10.6 Å². The fourth-order valence-electron chi connectivity index (χ4n) is 1.86. The average Bonchev–Trinajstić information content (AvgIpc) is 2.28. The molecule has 1 aromatic rings. The topological polar surface area (TPSA) is 29.3 Å². The quantitative estimate of drug-likeness (QED) is 0.787. The molecule has 0 spiro atoms. The molecular formula is C14H24Cl2N2. The molecule has 0 aliphatic rings. The monoisotopic (exact) mass is 290 g/mol. The van der Waals surface area contributed by atoms with Crippen LogP contribution in [0.15, 0.2) is 18.2 Å². The molecule has 18 heavy (non-hydrogen) atoms. The van der Waals surface area contributed by atoms with Gasteiger partial charge in [-0.2, -0.15) is 0 Å². The first-order valence-electron chi connectivity index (χ1n) is 6.28. The molecule has 1 rings (SSSR count). The molecule has 0 heterocycles. The van der Waals surface area contributed by atoms with Gasteiger partial charge in [-0.1, -0.05) is 43.9 Å². The highest BCUT2D eigenvalue weighted by Gasteiger charge is 2.10. The van der Waals surface area contributed by atoms with Crippen molar-refractivity contribution in [3.05, 3.63) is 28.8 Å². The molecule has 1 aromatic carbocycles. The molecule has 0 radical (unpaired) electrons. The maximum atomic E-state index is 6.27. The van der Waals surface area contributed by atoms with E-state index < -0.39 is 0 Å². The summed E-state index contributed by atoms with van der Waals surface area (Å²) in [4.78, 5) is 2.04. The Kier molecular flexibility index (Phi) is 8.41. The summed E-state index contributed by atoms with van der Waals surface area (Å²) in [6.07, 6.45) is 4.64. The highest BCUT2D eigenvalue weighted by atomic mass is 35.5. The van der Waals surface area contributed by atoms with Crippen molar-refractivity contribution in [1.29, 1.82) is 0 Å². The number of halogens is 2. The molecule has 2 nitrogen and oxygen atoms in total. The van der Waals surface area contributed by atoms with Gasteiger partial charge < -0.3 is 10.6 Å². The fraction of sp³-hybridized carbons (Fsp3) is 0.571. The molecule has 0 aromatic heterocycles. The fourth-order valence-corrected chi connectivity index (χ4v) is 2.18. The Morgan fingerprint density at radius 2 is 1.94 bits per heavy atom. The Labute approximate surface area is 122 Å². The number of benzene rings is 1. The van der Waals surface area contributed by atoms with E-state index in [9.17, 15) is 0 Å². The number of anilines is 1. The molecule has 0 saturated heterocycles. The summed E-state index contributed by atoms with van der Waals surface area (Å²) in [5.74, 6) is 0. The van der Waals surface area contributed by atoms with Crippen molar-refractivity contribution in [3.63, 3.8) is 0 Å². The van der Waals surface area contributed by atoms with Crippen molar-refractivity contribution in [2.24, 2.45) is 5.73 Å². The SMILES string of the molecule is CCCCC[C@H](N)c1ccc(N(C)C)cc1Cl.Cl. The van der Waals surface area contributed by atoms with Crippen LogP contribution in [0.3, 0.4) is 0 Å². The van der Waals surface area contributed by atoms with Crippen LogP contribution in [0.1, 0.15) is 44.2 Å². The summed E-state index contributed by atoms with van der Waals surface area (Å²) in [7, 11) is 4.01. The zero-order valence-electron chi connectivity index (χ0n) is 11.4. The summed E-state index contributed by atoms with van der Waals surface area (Å²) < 4.78 is 0. The zero-order valence-corrected chi connectivity index (χ0v) is 13.0. The number of rotatable bonds is 6. The van der Waals surface area contributed by atoms with E-state index >= 15 is 0 Å². The van der Waals surface area contributed by atoms with Crippen molar-refractivity contribution in [1.82, 2.24) is 0 Å². The molecule has 1 atom stereocenters. The summed E-state index contributed by atoms with van der Waals surface area (Å²) in [6.45, 7) is 2.20. The van der Waals surface area contributed by atoms with Crippen molar-refractivity contribution in [2.75, 3.05) is 19.0 Å². The minimum absolute atomic E-state index is 0. The van der Waals surface area contributed by atoms with Crippen LogP contribution in [-0.4, -0.2) is 14.1 Å². The summed E-state index contributed by atoms with van der Waals surface area (Å²) in [5, 5.41) is 0.778. The predicted molar refractivity (Wildman–Crippen MR) is 84.1 cm³/mol. The van der Waals surface area contributed by atoms with Gasteiger partial charge in [0.05, 0.1) is 0 Å². The lowest BCUT2D eigenvalue weighted by molar-refractivity contribution is 0.581. The maximum Gasteiger partial charge on any atom is 0.0474 e. The second kappa shape index (κ2) is 8.63. The minimum atomic E-state index is 0. The van der Waals surface area contributed by atoms with Crippen LogP contribution in [0, 0.1) is 0 Å². The molecule has 2 N–H and O–H groups in total. The van der Waals surface area contributed by atoms with Crippen molar-refractivity contribution < 1.29 is 0 Å². The molecule has 104 valence electrons. The molecule has 0 amide bonds. The minimum Gasteiger partial charge on any atom is -0.378 e. The van der Waals surface area contributed by atoms with E-state index in [4.69, 9.17) is 17.3 Å². The largest absolute Gasteiger partial charge is 0.378 e. The Hall–Kier alpha value is -0.440. The van der Waals surface area contributed by atoms with Crippen molar-refractivity contribution in [2.45, 2.75) is 38.6 Å². The standard InChI is InChI=1S/C14H23ClN2.ClH/c1-4-5-6-7-14(16)12-9-8-11(17(2)3)10-13(12)15;/h8-10,14H,4-7,16H2,1-3H3;1H/t14-;/m0./s1. The number of unbranched alkanes of at least 4 members (excludes halogenated alkanes) is 2. The smallest absolute Gasteiger partial charge is 0.0474 e. The van der Waals surface area contributed by atoms with E-state index in [0.717, 1.165) is 22.7 Å². The van der Waals surface area contributed by atoms with Gasteiger partial charge in [0, 0.05) is 30.8 Å². The van der Waals surface area contributed by atoms with E-state index in [0.29, 0.717) is 0 Å². The van der Waals surface area contributed by atoms with Gasteiger partial charge in [-0.05, 0) is 24.1 Å². The third-order valence-corrected chi connectivity index (χ3v) is 3.35. The lowest BCUT2D eigenvalue weighted by Crippen LogP contribution is -2.12. The zero-order chi connectivity index (χ0) is 12.8. The van der Waals surface area contributed by atoms with E-state index in [1.165, 1.54) is 19.3 Å². The normalized spacial score (nSPS) is 11.8. The predicted octanol–water partition coefficient (Wildman–Crippen LogP) is 4.41. The van der Waals surface area contributed by atoms with E-state index in [2.05, 4.69) is 13.0 Å². The molecule has 0 fully saturated rings. The van der Waals surface area contributed by atoms with Crippen LogP contribution in [-0.2, 0) is 0 Å². The van der Waals surface area contributed by atoms with E-state index in [1.807, 2.05) is 31.1 Å². The molecule has 0 saturated carbocycles. The second-order valence-corrected chi connectivity index (χ2v) is 5.11. The van der Waals surface area contributed by atoms with Crippen LogP contribution in [0.5, 0.6) is 0 Å². The summed E-state index contributed by atoms with van der Waals surface area (Å²) in [6, 6.07) is 6.16. The lowest BCUT2D eigenvalue weighted by atomic mass is 10.0. The van der Waals surface area contributed by atoms with Crippen LogP contribution >= 0.6 is 24.0 Å². The van der Waals surface area contributed by atoms with Gasteiger partial charge in [-0.15, -0.1) is 12.4 Å². The second-order valence-electron chi connectivity index (χ2n) is 4.70. The average molecular weight is 291 g/mol. The van der Waals surface area contributed by atoms with Gasteiger partial charge in [-0.25, -0.2) is 0 Å². The Balaban J connectivity index is 0.00000289. The van der Waals surface area contributed by atoms with Crippen LogP contribution in [0.25, 0.3) is 0 Å². The molecule has 0 bridgehead atoms. The van der Waals surface area contributed by atoms with Crippen molar-refractivity contribution in [3.8, 4) is 0 Å². The molecule has 0 unspecified atom stereocenters. The molecule has 4 heteroatoms. The molecule has 0 aliphatic carbocycles. The third-order valence-electron chi connectivity index (χ3n) is 3.02. The van der Waals surface area contributed by atoms with Gasteiger partial charge in [-0.3, -0.25) is 0 Å². The maximum absolute atomic E-state index is 6.27. The lowest BCUT2D eigenvalue weighted by Gasteiger charge is -2.17. The molecular weight excluding hydrogens is 267 g/mol. The van der Waals surface area contributed by atoms with Gasteiger partial charge in [0.15, 0.2) is 0 Å². The van der Waals surface area contributed by atoms with Crippen molar-refractivity contribution >= 4 is 29.7 Å². The van der Waals surface area contributed by atoms with Gasteiger partial charge in [0.2, 0.25) is 0 Å². The van der Waals surface area contributed by atoms with Gasteiger partial charge >= 0.3 is 0 Å². The first-order chi connectivity index (χ1) is 8.06. The first-order valence-corrected chi connectivity index (χ1v) is 6.66. The highest BCUT2D eigenvalue weighted by molar-refractivity contribution is 6.31. The van der Waals surface area contributed by atoms with Crippen LogP contribution in [0.4, 0.5) is 5.69 Å². The Morgan fingerprint density at radius 3 is 2.44 bits per heavy atom. The third kappa shape index (κ3) is 5.05. The van der Waals surface area contributed by atoms with Gasteiger partial charge in [0.1, 0.15) is 0 Å². The first kappa shape index (κ1) is 17.6. The number of hydrogen-bond donors (Lipinski definition) is 1. The number of hydrogen-bond acceptors (Lipinski definition) is 2. The highest BCUT2D eigenvalue weighted by Crippen LogP contribution is 2.28. The Morgan fingerprint density at radius 1 is 1.28 bits per heavy atom. The molecule has 0 aliphatic heterocycles. The van der Waals surface area contributed by atoms with Gasteiger partial charge in [0.25, 0.3) is 0 Å². The number of nitrogens with two attached hydrogens (primary N) is 1. The van der Waals surface area contributed by atoms with E-state index in [1.54, 1.807) is 0 Å². The van der Waals surface area contributed by atoms with E-state index in [-0.39, 0.29) is 18.4 Å². The van der Waals surface area contributed by atoms with Crippen LogP contribution in [0.2, 0.25) is 5.02 Å².